The van der Waals surface area contributed by atoms with E-state index in [-0.39, 0.29) is 10.8 Å². The lowest BCUT2D eigenvalue weighted by atomic mass is 10.1. The van der Waals surface area contributed by atoms with Crippen molar-refractivity contribution in [2.75, 3.05) is 27.2 Å². The Morgan fingerprint density at radius 1 is 1.14 bits per heavy atom. The quantitative estimate of drug-likeness (QED) is 0.672. The molecule has 28 heavy (non-hydrogen) atoms. The van der Waals surface area contributed by atoms with Gasteiger partial charge in [-0.2, -0.15) is 4.31 Å². The van der Waals surface area contributed by atoms with E-state index in [1.807, 2.05) is 18.2 Å². The Kier molecular flexibility index (Phi) is 6.74. The lowest BCUT2D eigenvalue weighted by molar-refractivity contribution is 0.0827. The van der Waals surface area contributed by atoms with Gasteiger partial charge in [-0.1, -0.05) is 18.6 Å². The smallest absolute Gasteiger partial charge is 0.253 e. The van der Waals surface area contributed by atoms with E-state index in [2.05, 4.69) is 4.98 Å². The van der Waals surface area contributed by atoms with Gasteiger partial charge in [0.05, 0.1) is 5.03 Å². The number of rotatable bonds is 6. The number of carbonyl (C=O) groups is 1. The molecule has 1 aromatic heterocycles. The molecule has 0 atom stereocenters. The summed E-state index contributed by atoms with van der Waals surface area (Å²) in [7, 11) is 0.00890. The van der Waals surface area contributed by atoms with E-state index < -0.39 is 10.0 Å². The van der Waals surface area contributed by atoms with Gasteiger partial charge in [-0.3, -0.25) is 4.79 Å². The third kappa shape index (κ3) is 4.92. The number of pyridine rings is 1. The molecule has 1 aromatic carbocycles. The first kappa shape index (κ1) is 20.8. The number of hydrogen-bond donors (Lipinski definition) is 0. The SMILES string of the molecule is CN(C)C(=O)c1cccc(CSc2ccc(S(=O)(=O)N3CCCCC3)cn2)c1. The molecule has 6 nitrogen and oxygen atoms in total. The first-order chi connectivity index (χ1) is 13.4. The summed E-state index contributed by atoms with van der Waals surface area (Å²) in [5.41, 5.74) is 1.67. The second-order valence-corrected chi connectivity index (χ2v) is 9.92. The standard InChI is InChI=1S/C20H25N3O3S2/c1-22(2)20(24)17-8-6-7-16(13-17)15-27-19-10-9-18(14-21-19)28(25,26)23-11-4-3-5-12-23/h6-10,13-14H,3-5,11-12,15H2,1-2H3. The van der Waals surface area contributed by atoms with E-state index in [0.717, 1.165) is 29.9 Å². The second-order valence-electron chi connectivity index (χ2n) is 6.99. The Balaban J connectivity index is 1.65. The van der Waals surface area contributed by atoms with Gasteiger partial charge in [0.15, 0.2) is 0 Å². The highest BCUT2D eigenvalue weighted by Gasteiger charge is 2.26. The van der Waals surface area contributed by atoms with Crippen LogP contribution in [-0.4, -0.2) is 55.7 Å². The maximum Gasteiger partial charge on any atom is 0.253 e. The van der Waals surface area contributed by atoms with Gasteiger partial charge in [-0.15, -0.1) is 11.8 Å². The Morgan fingerprint density at radius 3 is 2.54 bits per heavy atom. The first-order valence-corrected chi connectivity index (χ1v) is 11.7. The number of nitrogens with zero attached hydrogens (tertiary/aromatic N) is 3. The minimum atomic E-state index is -3.45. The zero-order valence-electron chi connectivity index (χ0n) is 16.2. The van der Waals surface area contributed by atoms with Crippen LogP contribution < -0.4 is 0 Å². The van der Waals surface area contributed by atoms with Gasteiger partial charge < -0.3 is 4.90 Å². The zero-order valence-corrected chi connectivity index (χ0v) is 17.8. The molecule has 0 bridgehead atoms. The van der Waals surface area contributed by atoms with Crippen LogP contribution in [0.15, 0.2) is 52.5 Å². The van der Waals surface area contributed by atoms with Crippen molar-refractivity contribution in [2.45, 2.75) is 34.9 Å². The summed E-state index contributed by atoms with van der Waals surface area (Å²) in [5.74, 6) is 0.622. The molecule has 2 heterocycles. The fraction of sp³-hybridized carbons (Fsp3) is 0.400. The highest BCUT2D eigenvalue weighted by atomic mass is 32.2. The van der Waals surface area contributed by atoms with Crippen LogP contribution in [0, 0.1) is 0 Å². The normalized spacial score (nSPS) is 15.4. The van der Waals surface area contributed by atoms with Crippen LogP contribution in [0.2, 0.25) is 0 Å². The molecular formula is C20H25N3O3S2. The van der Waals surface area contributed by atoms with Crippen LogP contribution in [0.25, 0.3) is 0 Å². The molecule has 3 rings (SSSR count). The summed E-state index contributed by atoms with van der Waals surface area (Å²) >= 11 is 1.51. The molecule has 1 fully saturated rings. The van der Waals surface area contributed by atoms with Crippen molar-refractivity contribution in [3.63, 3.8) is 0 Å². The van der Waals surface area contributed by atoms with Gasteiger partial charge >= 0.3 is 0 Å². The molecule has 0 saturated carbocycles. The summed E-state index contributed by atoms with van der Waals surface area (Å²) in [6.45, 7) is 1.17. The molecule has 1 aliphatic rings. The summed E-state index contributed by atoms with van der Waals surface area (Å²) in [5, 5.41) is 0.752. The minimum absolute atomic E-state index is 0.0303. The lowest BCUT2D eigenvalue weighted by Crippen LogP contribution is -2.35. The van der Waals surface area contributed by atoms with Crippen LogP contribution in [0.1, 0.15) is 35.2 Å². The Bertz CT molecular complexity index is 922. The van der Waals surface area contributed by atoms with Gasteiger partial charge in [-0.25, -0.2) is 13.4 Å². The van der Waals surface area contributed by atoms with Crippen molar-refractivity contribution >= 4 is 27.7 Å². The molecule has 150 valence electrons. The van der Waals surface area contributed by atoms with Gasteiger partial charge in [0.25, 0.3) is 5.91 Å². The van der Waals surface area contributed by atoms with Crippen molar-refractivity contribution in [1.29, 1.82) is 0 Å². The van der Waals surface area contributed by atoms with Crippen molar-refractivity contribution in [2.24, 2.45) is 0 Å². The fourth-order valence-corrected chi connectivity index (χ4v) is 5.32. The van der Waals surface area contributed by atoms with Crippen LogP contribution in [0.3, 0.4) is 0 Å². The average molecular weight is 420 g/mol. The van der Waals surface area contributed by atoms with Gasteiger partial charge in [0, 0.05) is 44.7 Å². The predicted octanol–water partition coefficient (Wildman–Crippen LogP) is 3.25. The van der Waals surface area contributed by atoms with Crippen LogP contribution >= 0.6 is 11.8 Å². The van der Waals surface area contributed by atoms with E-state index in [1.165, 1.54) is 18.0 Å². The molecule has 8 heteroatoms. The largest absolute Gasteiger partial charge is 0.345 e. The van der Waals surface area contributed by atoms with Crippen LogP contribution in [0.5, 0.6) is 0 Å². The molecule has 1 aliphatic heterocycles. The molecular weight excluding hydrogens is 394 g/mol. The molecule has 1 saturated heterocycles. The summed E-state index contributed by atoms with van der Waals surface area (Å²) in [6, 6.07) is 10.9. The van der Waals surface area contributed by atoms with E-state index in [0.29, 0.717) is 24.4 Å². The summed E-state index contributed by atoms with van der Waals surface area (Å²) in [4.78, 5) is 18.2. The number of thioether (sulfide) groups is 1. The van der Waals surface area contributed by atoms with Gasteiger partial charge in [0.2, 0.25) is 10.0 Å². The average Bonchev–Trinajstić information content (AvgIpc) is 2.73. The maximum absolute atomic E-state index is 12.7. The van der Waals surface area contributed by atoms with Gasteiger partial charge in [-0.05, 0) is 42.7 Å². The maximum atomic E-state index is 12.7. The topological polar surface area (TPSA) is 70.6 Å². The molecule has 0 aliphatic carbocycles. The number of hydrogen-bond acceptors (Lipinski definition) is 5. The van der Waals surface area contributed by atoms with E-state index in [9.17, 15) is 13.2 Å². The summed E-state index contributed by atoms with van der Waals surface area (Å²) in [6.07, 6.45) is 4.35. The molecule has 0 unspecified atom stereocenters. The Labute approximate surface area is 171 Å². The number of sulfonamides is 1. The molecule has 0 spiro atoms. The fourth-order valence-electron chi connectivity index (χ4n) is 3.07. The highest BCUT2D eigenvalue weighted by molar-refractivity contribution is 7.98. The van der Waals surface area contributed by atoms with Gasteiger partial charge in [0.1, 0.15) is 4.90 Å². The lowest BCUT2D eigenvalue weighted by Gasteiger charge is -2.25. The van der Waals surface area contributed by atoms with E-state index in [4.69, 9.17) is 0 Å². The number of aromatic nitrogens is 1. The Morgan fingerprint density at radius 2 is 1.89 bits per heavy atom. The first-order valence-electron chi connectivity index (χ1n) is 9.27. The minimum Gasteiger partial charge on any atom is -0.345 e. The Hall–Kier alpha value is -1.90. The van der Waals surface area contributed by atoms with Crippen molar-refractivity contribution < 1.29 is 13.2 Å². The predicted molar refractivity (Wildman–Crippen MR) is 111 cm³/mol. The van der Waals surface area contributed by atoms with Crippen molar-refractivity contribution in [3.05, 3.63) is 53.7 Å². The van der Waals surface area contributed by atoms with E-state index in [1.54, 1.807) is 41.5 Å². The van der Waals surface area contributed by atoms with Crippen molar-refractivity contribution in [1.82, 2.24) is 14.2 Å². The highest BCUT2D eigenvalue weighted by Crippen LogP contribution is 2.24. The number of carbonyl (C=O) groups excluding carboxylic acids is 1. The molecule has 0 radical (unpaired) electrons. The van der Waals surface area contributed by atoms with Crippen molar-refractivity contribution in [3.8, 4) is 0 Å². The monoisotopic (exact) mass is 419 g/mol. The number of amides is 1. The third-order valence-electron chi connectivity index (χ3n) is 4.63. The van der Waals surface area contributed by atoms with Crippen LogP contribution in [-0.2, 0) is 15.8 Å². The molecule has 2 aromatic rings. The third-order valence-corrected chi connectivity index (χ3v) is 7.53. The molecule has 1 amide bonds. The number of piperidine rings is 1. The van der Waals surface area contributed by atoms with Crippen LogP contribution in [0.4, 0.5) is 0 Å². The zero-order chi connectivity index (χ0) is 20.1. The molecule has 0 N–H and O–H groups in total. The number of benzene rings is 1. The second kappa shape index (κ2) is 9.07. The summed E-state index contributed by atoms with van der Waals surface area (Å²) < 4.78 is 26.9. The van der Waals surface area contributed by atoms with E-state index >= 15 is 0 Å².